The predicted octanol–water partition coefficient (Wildman–Crippen LogP) is 3.10. The number of carbonyl (C=O) groups excluding carboxylic acids is 1. The first-order chi connectivity index (χ1) is 11.5. The lowest BCUT2D eigenvalue weighted by Crippen LogP contribution is -2.47. The van der Waals surface area contributed by atoms with Gasteiger partial charge in [-0.3, -0.25) is 4.79 Å². The van der Waals surface area contributed by atoms with Gasteiger partial charge in [-0.2, -0.15) is 0 Å². The molecule has 2 aromatic rings. The quantitative estimate of drug-likeness (QED) is 0.939. The van der Waals surface area contributed by atoms with Crippen molar-refractivity contribution >= 4 is 17.3 Å². The third kappa shape index (κ3) is 3.54. The van der Waals surface area contributed by atoms with Crippen LogP contribution in [0.25, 0.3) is 0 Å². The van der Waals surface area contributed by atoms with E-state index < -0.39 is 11.6 Å². The Morgan fingerprint density at radius 3 is 2.50 bits per heavy atom. The molecule has 1 amide bonds. The molecule has 0 aliphatic carbocycles. The number of nitrogens with zero attached hydrogens (tertiary/aromatic N) is 2. The van der Waals surface area contributed by atoms with Gasteiger partial charge in [-0.25, -0.2) is 8.78 Å². The molecule has 6 heteroatoms. The van der Waals surface area contributed by atoms with E-state index in [1.807, 2.05) is 11.9 Å². The fourth-order valence-corrected chi connectivity index (χ4v) is 2.68. The predicted molar refractivity (Wildman–Crippen MR) is 89.5 cm³/mol. The SMILES string of the molecule is CN1CCN(C(=O)c2cccc(Nc3cccc(F)c3F)c2)CC1. The minimum Gasteiger partial charge on any atom is -0.353 e. The number of rotatable bonds is 3. The van der Waals surface area contributed by atoms with Gasteiger partial charge in [0.25, 0.3) is 5.91 Å². The summed E-state index contributed by atoms with van der Waals surface area (Å²) in [5.74, 6) is -1.90. The molecule has 0 unspecified atom stereocenters. The number of anilines is 2. The second-order valence-corrected chi connectivity index (χ2v) is 5.90. The van der Waals surface area contributed by atoms with Crippen molar-refractivity contribution in [2.24, 2.45) is 0 Å². The molecule has 0 aromatic heterocycles. The van der Waals surface area contributed by atoms with Gasteiger partial charge in [0.05, 0.1) is 5.69 Å². The molecular weight excluding hydrogens is 312 g/mol. The number of nitrogens with one attached hydrogen (secondary N) is 1. The highest BCUT2D eigenvalue weighted by atomic mass is 19.2. The first kappa shape index (κ1) is 16.4. The average molecular weight is 331 g/mol. The first-order valence-electron chi connectivity index (χ1n) is 7.83. The lowest BCUT2D eigenvalue weighted by Gasteiger charge is -2.32. The monoisotopic (exact) mass is 331 g/mol. The van der Waals surface area contributed by atoms with Crippen LogP contribution >= 0.6 is 0 Å². The van der Waals surface area contributed by atoms with Gasteiger partial charge in [0.1, 0.15) is 0 Å². The van der Waals surface area contributed by atoms with E-state index in [4.69, 9.17) is 0 Å². The zero-order chi connectivity index (χ0) is 17.1. The molecular formula is C18H19F2N3O. The van der Waals surface area contributed by atoms with Crippen molar-refractivity contribution in [3.05, 3.63) is 59.7 Å². The third-order valence-corrected chi connectivity index (χ3v) is 4.13. The molecule has 2 aromatic carbocycles. The van der Waals surface area contributed by atoms with Crippen LogP contribution in [0.15, 0.2) is 42.5 Å². The summed E-state index contributed by atoms with van der Waals surface area (Å²) in [4.78, 5) is 16.6. The maximum absolute atomic E-state index is 13.8. The number of carbonyl (C=O) groups is 1. The molecule has 126 valence electrons. The van der Waals surface area contributed by atoms with Crippen molar-refractivity contribution in [1.29, 1.82) is 0 Å². The molecule has 0 spiro atoms. The number of piperazine rings is 1. The van der Waals surface area contributed by atoms with E-state index in [2.05, 4.69) is 10.2 Å². The van der Waals surface area contributed by atoms with Crippen LogP contribution in [0.4, 0.5) is 20.2 Å². The number of likely N-dealkylation sites (N-methyl/N-ethyl adjacent to an activating group) is 1. The summed E-state index contributed by atoms with van der Waals surface area (Å²) >= 11 is 0. The Kier molecular flexibility index (Phi) is 4.76. The molecule has 0 radical (unpaired) electrons. The third-order valence-electron chi connectivity index (χ3n) is 4.13. The Bertz CT molecular complexity index is 743. The zero-order valence-electron chi connectivity index (χ0n) is 13.4. The van der Waals surface area contributed by atoms with Gasteiger partial charge in [0.15, 0.2) is 11.6 Å². The van der Waals surface area contributed by atoms with E-state index in [1.165, 1.54) is 12.1 Å². The standard InChI is InChI=1S/C18H19F2N3O/c1-22-8-10-23(11-9-22)18(24)13-4-2-5-14(12-13)21-16-7-3-6-15(19)17(16)20/h2-7,12,21H,8-11H2,1H3. The highest BCUT2D eigenvalue weighted by Gasteiger charge is 2.20. The van der Waals surface area contributed by atoms with Crippen LogP contribution in [-0.2, 0) is 0 Å². The van der Waals surface area contributed by atoms with Gasteiger partial charge in [0.2, 0.25) is 0 Å². The molecule has 0 atom stereocenters. The molecule has 1 N–H and O–H groups in total. The summed E-state index contributed by atoms with van der Waals surface area (Å²) in [6, 6.07) is 10.8. The van der Waals surface area contributed by atoms with Crippen molar-refractivity contribution in [2.75, 3.05) is 38.5 Å². The molecule has 3 rings (SSSR count). The minimum absolute atomic E-state index is 0.0409. The summed E-state index contributed by atoms with van der Waals surface area (Å²) in [7, 11) is 2.03. The Balaban J connectivity index is 1.76. The number of benzene rings is 2. The van der Waals surface area contributed by atoms with Crippen LogP contribution in [0.3, 0.4) is 0 Å². The number of hydrogen-bond acceptors (Lipinski definition) is 3. The Morgan fingerprint density at radius 2 is 1.75 bits per heavy atom. The van der Waals surface area contributed by atoms with Crippen molar-refractivity contribution in [3.8, 4) is 0 Å². The molecule has 1 saturated heterocycles. The summed E-state index contributed by atoms with van der Waals surface area (Å²) in [5.41, 5.74) is 1.11. The largest absolute Gasteiger partial charge is 0.353 e. The number of hydrogen-bond donors (Lipinski definition) is 1. The number of amides is 1. The van der Waals surface area contributed by atoms with Crippen LogP contribution in [-0.4, -0.2) is 48.9 Å². The summed E-state index contributed by atoms with van der Waals surface area (Å²) < 4.78 is 27.0. The van der Waals surface area contributed by atoms with Gasteiger partial charge < -0.3 is 15.1 Å². The van der Waals surface area contributed by atoms with Gasteiger partial charge >= 0.3 is 0 Å². The summed E-state index contributed by atoms with van der Waals surface area (Å²) in [6.45, 7) is 3.06. The second-order valence-electron chi connectivity index (χ2n) is 5.90. The fraction of sp³-hybridized carbons (Fsp3) is 0.278. The van der Waals surface area contributed by atoms with Gasteiger partial charge in [-0.15, -0.1) is 0 Å². The Morgan fingerprint density at radius 1 is 1.04 bits per heavy atom. The van der Waals surface area contributed by atoms with E-state index in [0.717, 1.165) is 19.2 Å². The Hall–Kier alpha value is -2.47. The second kappa shape index (κ2) is 6.97. The fourth-order valence-electron chi connectivity index (χ4n) is 2.68. The van der Waals surface area contributed by atoms with Gasteiger partial charge in [-0.1, -0.05) is 12.1 Å². The van der Waals surface area contributed by atoms with Gasteiger partial charge in [-0.05, 0) is 37.4 Å². The summed E-state index contributed by atoms with van der Waals surface area (Å²) in [5, 5.41) is 2.82. The summed E-state index contributed by atoms with van der Waals surface area (Å²) in [6.07, 6.45) is 0. The molecule has 0 saturated carbocycles. The average Bonchev–Trinajstić information content (AvgIpc) is 2.59. The molecule has 1 fully saturated rings. The van der Waals surface area contributed by atoms with Crippen molar-refractivity contribution < 1.29 is 13.6 Å². The molecule has 1 heterocycles. The van der Waals surface area contributed by atoms with Crippen molar-refractivity contribution in [2.45, 2.75) is 0 Å². The highest BCUT2D eigenvalue weighted by molar-refractivity contribution is 5.95. The zero-order valence-corrected chi connectivity index (χ0v) is 13.4. The van der Waals surface area contributed by atoms with Crippen molar-refractivity contribution in [1.82, 2.24) is 9.80 Å². The van der Waals surface area contributed by atoms with E-state index in [9.17, 15) is 13.6 Å². The van der Waals surface area contributed by atoms with Crippen LogP contribution in [0, 0.1) is 11.6 Å². The lowest BCUT2D eigenvalue weighted by atomic mass is 10.1. The molecule has 4 nitrogen and oxygen atoms in total. The molecule has 1 aliphatic heterocycles. The first-order valence-corrected chi connectivity index (χ1v) is 7.83. The normalized spacial score (nSPS) is 15.4. The van der Waals surface area contributed by atoms with E-state index in [1.54, 1.807) is 24.3 Å². The van der Waals surface area contributed by atoms with E-state index in [-0.39, 0.29) is 11.6 Å². The van der Waals surface area contributed by atoms with Gasteiger partial charge in [0, 0.05) is 37.4 Å². The number of halogens is 2. The maximum Gasteiger partial charge on any atom is 0.254 e. The van der Waals surface area contributed by atoms with Crippen LogP contribution in [0.5, 0.6) is 0 Å². The smallest absolute Gasteiger partial charge is 0.254 e. The Labute approximate surface area is 139 Å². The topological polar surface area (TPSA) is 35.6 Å². The molecule has 24 heavy (non-hydrogen) atoms. The van der Waals surface area contributed by atoms with E-state index in [0.29, 0.717) is 24.3 Å². The van der Waals surface area contributed by atoms with Crippen molar-refractivity contribution in [3.63, 3.8) is 0 Å². The van der Waals surface area contributed by atoms with Crippen LogP contribution < -0.4 is 5.32 Å². The maximum atomic E-state index is 13.8. The molecule has 1 aliphatic rings. The van der Waals surface area contributed by atoms with E-state index >= 15 is 0 Å². The van der Waals surface area contributed by atoms with Crippen LogP contribution in [0.2, 0.25) is 0 Å². The molecule has 0 bridgehead atoms. The lowest BCUT2D eigenvalue weighted by molar-refractivity contribution is 0.0664. The minimum atomic E-state index is -0.937. The van der Waals surface area contributed by atoms with Crippen LogP contribution in [0.1, 0.15) is 10.4 Å². The highest BCUT2D eigenvalue weighted by Crippen LogP contribution is 2.23.